The predicted octanol–water partition coefficient (Wildman–Crippen LogP) is 1.85. The van der Waals surface area contributed by atoms with E-state index in [2.05, 4.69) is 15.7 Å². The Labute approximate surface area is 142 Å². The van der Waals surface area contributed by atoms with Crippen LogP contribution in [0.4, 0.5) is 0 Å². The van der Waals surface area contributed by atoms with Crippen LogP contribution >= 0.6 is 0 Å². The number of amides is 1. The van der Waals surface area contributed by atoms with Crippen molar-refractivity contribution < 1.29 is 9.53 Å². The standard InChI is InChI=1S/C18H24N4O2/c1-14(15-5-3-6-16(13-15)24-2)21-17(23)18(7-10-19-11-8-18)22-12-4-9-20-22/h3-6,9,12-14,19H,7-8,10-11H2,1-2H3,(H,21,23). The van der Waals surface area contributed by atoms with Gasteiger partial charge in [-0.05, 0) is 56.6 Å². The number of hydrogen-bond donors (Lipinski definition) is 2. The molecular formula is C18H24N4O2. The van der Waals surface area contributed by atoms with Gasteiger partial charge in [0, 0.05) is 12.4 Å². The zero-order valence-electron chi connectivity index (χ0n) is 14.2. The quantitative estimate of drug-likeness (QED) is 0.879. The monoisotopic (exact) mass is 328 g/mol. The Morgan fingerprint density at radius 1 is 1.38 bits per heavy atom. The topological polar surface area (TPSA) is 68.2 Å². The van der Waals surface area contributed by atoms with E-state index in [1.165, 1.54) is 0 Å². The molecule has 2 heterocycles. The van der Waals surface area contributed by atoms with Crippen LogP contribution in [-0.4, -0.2) is 35.9 Å². The molecule has 128 valence electrons. The van der Waals surface area contributed by atoms with Crippen molar-refractivity contribution in [1.82, 2.24) is 20.4 Å². The summed E-state index contributed by atoms with van der Waals surface area (Å²) in [6.45, 7) is 3.60. The van der Waals surface area contributed by atoms with Gasteiger partial charge in [0.05, 0.1) is 13.2 Å². The Kier molecular flexibility index (Phi) is 4.85. The first-order valence-electron chi connectivity index (χ1n) is 8.31. The van der Waals surface area contributed by atoms with Crippen molar-refractivity contribution in [3.8, 4) is 5.75 Å². The molecular weight excluding hydrogens is 304 g/mol. The molecule has 0 aliphatic carbocycles. The lowest BCUT2D eigenvalue weighted by Gasteiger charge is -2.37. The van der Waals surface area contributed by atoms with Crippen LogP contribution in [-0.2, 0) is 10.3 Å². The number of carbonyl (C=O) groups excluding carboxylic acids is 1. The summed E-state index contributed by atoms with van der Waals surface area (Å²) >= 11 is 0. The number of benzene rings is 1. The van der Waals surface area contributed by atoms with Crippen LogP contribution in [0.3, 0.4) is 0 Å². The molecule has 0 bridgehead atoms. The van der Waals surface area contributed by atoms with E-state index in [-0.39, 0.29) is 11.9 Å². The zero-order valence-corrected chi connectivity index (χ0v) is 14.2. The van der Waals surface area contributed by atoms with E-state index in [9.17, 15) is 4.79 Å². The number of carbonyl (C=O) groups is 1. The second-order valence-corrected chi connectivity index (χ2v) is 6.20. The van der Waals surface area contributed by atoms with Crippen molar-refractivity contribution in [2.24, 2.45) is 0 Å². The number of rotatable bonds is 5. The minimum Gasteiger partial charge on any atom is -0.497 e. The third-order valence-corrected chi connectivity index (χ3v) is 4.74. The van der Waals surface area contributed by atoms with Crippen LogP contribution in [0.15, 0.2) is 42.7 Å². The average Bonchev–Trinajstić information content (AvgIpc) is 3.17. The Hall–Kier alpha value is -2.34. The van der Waals surface area contributed by atoms with Gasteiger partial charge in [0.2, 0.25) is 5.91 Å². The highest BCUT2D eigenvalue weighted by atomic mass is 16.5. The van der Waals surface area contributed by atoms with E-state index in [0.717, 1.165) is 37.2 Å². The molecule has 1 amide bonds. The number of methoxy groups -OCH3 is 1. The SMILES string of the molecule is COc1cccc(C(C)NC(=O)C2(n3cccn3)CCNCC2)c1. The molecule has 2 aromatic rings. The lowest BCUT2D eigenvalue weighted by Crippen LogP contribution is -2.55. The van der Waals surface area contributed by atoms with Gasteiger partial charge < -0.3 is 15.4 Å². The molecule has 1 fully saturated rings. The van der Waals surface area contributed by atoms with Gasteiger partial charge in [-0.25, -0.2) is 0 Å². The molecule has 1 atom stereocenters. The van der Waals surface area contributed by atoms with Crippen LogP contribution < -0.4 is 15.4 Å². The first-order chi connectivity index (χ1) is 11.7. The fraction of sp³-hybridized carbons (Fsp3) is 0.444. The number of hydrogen-bond acceptors (Lipinski definition) is 4. The van der Waals surface area contributed by atoms with Crippen molar-refractivity contribution in [3.63, 3.8) is 0 Å². The Balaban J connectivity index is 1.80. The summed E-state index contributed by atoms with van der Waals surface area (Å²) in [5, 5.41) is 10.8. The van der Waals surface area contributed by atoms with Crippen molar-refractivity contribution in [1.29, 1.82) is 0 Å². The number of piperidine rings is 1. The summed E-state index contributed by atoms with van der Waals surface area (Å²) in [4.78, 5) is 13.1. The van der Waals surface area contributed by atoms with Crippen molar-refractivity contribution in [3.05, 3.63) is 48.3 Å². The highest BCUT2D eigenvalue weighted by Gasteiger charge is 2.42. The largest absolute Gasteiger partial charge is 0.497 e. The van der Waals surface area contributed by atoms with E-state index in [1.807, 2.05) is 48.1 Å². The van der Waals surface area contributed by atoms with Crippen molar-refractivity contribution >= 4 is 5.91 Å². The number of nitrogens with zero attached hydrogens (tertiary/aromatic N) is 2. The molecule has 1 saturated heterocycles. The van der Waals surface area contributed by atoms with Crippen LogP contribution in [0.2, 0.25) is 0 Å². The van der Waals surface area contributed by atoms with Gasteiger partial charge in [-0.2, -0.15) is 5.10 Å². The third-order valence-electron chi connectivity index (χ3n) is 4.74. The van der Waals surface area contributed by atoms with Crippen LogP contribution in [0.25, 0.3) is 0 Å². The summed E-state index contributed by atoms with van der Waals surface area (Å²) in [6.07, 6.45) is 5.06. The number of nitrogens with one attached hydrogen (secondary N) is 2. The predicted molar refractivity (Wildman–Crippen MR) is 91.9 cm³/mol. The van der Waals surface area contributed by atoms with E-state index in [1.54, 1.807) is 13.3 Å². The minimum atomic E-state index is -0.623. The molecule has 0 saturated carbocycles. The summed E-state index contributed by atoms with van der Waals surface area (Å²) in [5.74, 6) is 0.806. The maximum Gasteiger partial charge on any atom is 0.248 e. The van der Waals surface area contributed by atoms with Gasteiger partial charge in [0.25, 0.3) is 0 Å². The number of aromatic nitrogens is 2. The third kappa shape index (κ3) is 3.14. The molecule has 2 N–H and O–H groups in total. The Bertz CT molecular complexity index is 678. The molecule has 0 radical (unpaired) electrons. The van der Waals surface area contributed by atoms with Crippen LogP contribution in [0.1, 0.15) is 31.4 Å². The second-order valence-electron chi connectivity index (χ2n) is 6.20. The lowest BCUT2D eigenvalue weighted by atomic mass is 9.87. The van der Waals surface area contributed by atoms with Gasteiger partial charge in [-0.15, -0.1) is 0 Å². The highest BCUT2D eigenvalue weighted by Crippen LogP contribution is 2.28. The maximum atomic E-state index is 13.1. The van der Waals surface area contributed by atoms with Gasteiger partial charge in [0.1, 0.15) is 11.3 Å². The van der Waals surface area contributed by atoms with Crippen LogP contribution in [0.5, 0.6) is 5.75 Å². The van der Waals surface area contributed by atoms with Gasteiger partial charge in [-0.3, -0.25) is 9.48 Å². The van der Waals surface area contributed by atoms with Crippen molar-refractivity contribution in [2.45, 2.75) is 31.3 Å². The fourth-order valence-corrected chi connectivity index (χ4v) is 3.25. The molecule has 1 aliphatic rings. The summed E-state index contributed by atoms with van der Waals surface area (Å²) in [7, 11) is 1.64. The smallest absolute Gasteiger partial charge is 0.248 e. The van der Waals surface area contributed by atoms with E-state index < -0.39 is 5.54 Å². The van der Waals surface area contributed by atoms with Crippen molar-refractivity contribution in [2.75, 3.05) is 20.2 Å². The summed E-state index contributed by atoms with van der Waals surface area (Å²) in [5.41, 5.74) is 0.397. The highest BCUT2D eigenvalue weighted by molar-refractivity contribution is 5.85. The van der Waals surface area contributed by atoms with Gasteiger partial charge >= 0.3 is 0 Å². The fourth-order valence-electron chi connectivity index (χ4n) is 3.25. The first kappa shape index (κ1) is 16.5. The van der Waals surface area contributed by atoms with E-state index in [4.69, 9.17) is 4.74 Å². The van der Waals surface area contributed by atoms with Gasteiger partial charge in [-0.1, -0.05) is 12.1 Å². The second kappa shape index (κ2) is 7.05. The molecule has 1 aromatic heterocycles. The normalized spacial score (nSPS) is 17.9. The van der Waals surface area contributed by atoms with Crippen LogP contribution in [0, 0.1) is 0 Å². The molecule has 1 aliphatic heterocycles. The summed E-state index contributed by atoms with van der Waals surface area (Å²) < 4.78 is 7.08. The zero-order chi connectivity index (χ0) is 17.0. The molecule has 3 rings (SSSR count). The Morgan fingerprint density at radius 3 is 2.83 bits per heavy atom. The van der Waals surface area contributed by atoms with E-state index in [0.29, 0.717) is 0 Å². The number of ether oxygens (including phenoxy) is 1. The summed E-state index contributed by atoms with van der Waals surface area (Å²) in [6, 6.07) is 9.54. The maximum absolute atomic E-state index is 13.1. The Morgan fingerprint density at radius 2 is 2.17 bits per heavy atom. The lowest BCUT2D eigenvalue weighted by molar-refractivity contribution is -0.132. The molecule has 24 heavy (non-hydrogen) atoms. The molecule has 1 unspecified atom stereocenters. The van der Waals surface area contributed by atoms with E-state index >= 15 is 0 Å². The molecule has 0 spiro atoms. The first-order valence-corrected chi connectivity index (χ1v) is 8.31. The molecule has 1 aromatic carbocycles. The molecule has 6 nitrogen and oxygen atoms in total. The molecule has 6 heteroatoms. The average molecular weight is 328 g/mol. The minimum absolute atomic E-state index is 0.0167. The van der Waals surface area contributed by atoms with Gasteiger partial charge in [0.15, 0.2) is 0 Å².